The van der Waals surface area contributed by atoms with Gasteiger partial charge in [-0.2, -0.15) is 0 Å². The summed E-state index contributed by atoms with van der Waals surface area (Å²) in [6.07, 6.45) is 1.57. The minimum atomic E-state index is -0.314. The lowest BCUT2D eigenvalue weighted by molar-refractivity contribution is 0.608. The van der Waals surface area contributed by atoms with Gasteiger partial charge in [0.25, 0.3) is 0 Å². The van der Waals surface area contributed by atoms with E-state index in [9.17, 15) is 4.39 Å². The molecule has 13 heavy (non-hydrogen) atoms. The van der Waals surface area contributed by atoms with Crippen molar-refractivity contribution in [1.82, 2.24) is 4.98 Å². The number of halogens is 1. The van der Waals surface area contributed by atoms with E-state index >= 15 is 0 Å². The quantitative estimate of drug-likeness (QED) is 0.760. The maximum Gasteiger partial charge on any atom is 0.165 e. The van der Waals surface area contributed by atoms with Crippen LogP contribution in [0.1, 0.15) is 6.92 Å². The number of likely N-dealkylation sites (N-methyl/N-ethyl adjacent to an activating group) is 1. The number of hydrogen-bond acceptors (Lipinski definition) is 3. The zero-order chi connectivity index (χ0) is 9.84. The predicted molar refractivity (Wildman–Crippen MR) is 51.1 cm³/mol. The van der Waals surface area contributed by atoms with Crippen molar-refractivity contribution < 1.29 is 4.39 Å². The van der Waals surface area contributed by atoms with Crippen LogP contribution >= 0.6 is 0 Å². The third-order valence-corrected chi connectivity index (χ3v) is 1.66. The number of nitrogens with two attached hydrogens (primary N) is 1. The molecular formula is C9H14FN3. The van der Waals surface area contributed by atoms with Gasteiger partial charge in [-0.15, -0.1) is 0 Å². The Morgan fingerprint density at radius 3 is 2.92 bits per heavy atom. The molecule has 0 bridgehead atoms. The van der Waals surface area contributed by atoms with Crippen LogP contribution in [-0.4, -0.2) is 24.6 Å². The third-order valence-electron chi connectivity index (χ3n) is 1.66. The van der Waals surface area contributed by atoms with Gasteiger partial charge in [-0.05, 0) is 19.1 Å². The smallest absolute Gasteiger partial charge is 0.165 e. The van der Waals surface area contributed by atoms with Gasteiger partial charge in [0.15, 0.2) is 11.6 Å². The van der Waals surface area contributed by atoms with Gasteiger partial charge < -0.3 is 10.6 Å². The second-order valence-electron chi connectivity index (χ2n) is 3.17. The van der Waals surface area contributed by atoms with Crippen LogP contribution in [0.2, 0.25) is 0 Å². The van der Waals surface area contributed by atoms with Crippen LogP contribution in [0.25, 0.3) is 0 Å². The molecule has 0 aliphatic rings. The SMILES string of the molecule is CC(N)CN(C)c1ncccc1F. The van der Waals surface area contributed by atoms with E-state index < -0.39 is 0 Å². The van der Waals surface area contributed by atoms with Crippen LogP contribution in [0.5, 0.6) is 0 Å². The van der Waals surface area contributed by atoms with Crippen molar-refractivity contribution >= 4 is 5.82 Å². The molecule has 0 radical (unpaired) electrons. The molecule has 1 heterocycles. The fourth-order valence-corrected chi connectivity index (χ4v) is 1.18. The van der Waals surface area contributed by atoms with Gasteiger partial charge in [0.05, 0.1) is 0 Å². The van der Waals surface area contributed by atoms with Gasteiger partial charge >= 0.3 is 0 Å². The number of hydrogen-bond donors (Lipinski definition) is 1. The first kappa shape index (κ1) is 9.92. The number of rotatable bonds is 3. The van der Waals surface area contributed by atoms with Crippen molar-refractivity contribution in [1.29, 1.82) is 0 Å². The number of pyridine rings is 1. The monoisotopic (exact) mass is 183 g/mol. The Morgan fingerprint density at radius 1 is 1.69 bits per heavy atom. The molecule has 0 amide bonds. The molecule has 1 unspecified atom stereocenters. The van der Waals surface area contributed by atoms with Crippen LogP contribution in [0.15, 0.2) is 18.3 Å². The van der Waals surface area contributed by atoms with Gasteiger partial charge in [-0.25, -0.2) is 9.37 Å². The summed E-state index contributed by atoms with van der Waals surface area (Å²) in [5, 5.41) is 0. The van der Waals surface area contributed by atoms with Gasteiger partial charge in [0, 0.05) is 25.8 Å². The van der Waals surface area contributed by atoms with Crippen LogP contribution in [0.3, 0.4) is 0 Å². The lowest BCUT2D eigenvalue weighted by atomic mass is 10.3. The van der Waals surface area contributed by atoms with Gasteiger partial charge in [0.1, 0.15) is 0 Å². The second kappa shape index (κ2) is 4.18. The minimum absolute atomic E-state index is 0.00593. The molecule has 1 rings (SSSR count). The molecule has 0 fully saturated rings. The molecule has 0 aliphatic heterocycles. The average Bonchev–Trinajstić information content (AvgIpc) is 2.03. The minimum Gasteiger partial charge on any atom is -0.356 e. The maximum absolute atomic E-state index is 13.1. The summed E-state index contributed by atoms with van der Waals surface area (Å²) in [7, 11) is 1.77. The highest BCUT2D eigenvalue weighted by Crippen LogP contribution is 2.12. The Morgan fingerprint density at radius 2 is 2.38 bits per heavy atom. The summed E-state index contributed by atoms with van der Waals surface area (Å²) in [6.45, 7) is 2.46. The first-order valence-corrected chi connectivity index (χ1v) is 4.18. The van der Waals surface area contributed by atoms with Crippen LogP contribution in [-0.2, 0) is 0 Å². The highest BCUT2D eigenvalue weighted by Gasteiger charge is 2.08. The first-order valence-electron chi connectivity index (χ1n) is 4.18. The van der Waals surface area contributed by atoms with E-state index in [1.165, 1.54) is 6.07 Å². The zero-order valence-corrected chi connectivity index (χ0v) is 7.87. The van der Waals surface area contributed by atoms with E-state index in [0.29, 0.717) is 12.4 Å². The third kappa shape index (κ3) is 2.66. The molecule has 2 N–H and O–H groups in total. The van der Waals surface area contributed by atoms with Crippen LogP contribution in [0.4, 0.5) is 10.2 Å². The van der Waals surface area contributed by atoms with Crippen molar-refractivity contribution in [2.24, 2.45) is 5.73 Å². The van der Waals surface area contributed by atoms with E-state index in [-0.39, 0.29) is 11.9 Å². The summed E-state index contributed by atoms with van der Waals surface area (Å²) in [6, 6.07) is 2.96. The molecule has 1 aromatic rings. The molecule has 1 atom stereocenters. The maximum atomic E-state index is 13.1. The zero-order valence-electron chi connectivity index (χ0n) is 7.87. The van der Waals surface area contributed by atoms with E-state index in [1.54, 1.807) is 24.2 Å². The highest BCUT2D eigenvalue weighted by atomic mass is 19.1. The van der Waals surface area contributed by atoms with Gasteiger partial charge in [-0.3, -0.25) is 0 Å². The Labute approximate surface area is 77.4 Å². The molecule has 0 saturated carbocycles. The van der Waals surface area contributed by atoms with Gasteiger partial charge in [0.2, 0.25) is 0 Å². The van der Waals surface area contributed by atoms with Crippen molar-refractivity contribution in [3.8, 4) is 0 Å². The molecule has 0 aromatic carbocycles. The molecule has 0 spiro atoms. The summed E-state index contributed by atoms with van der Waals surface area (Å²) in [5.74, 6) is 0.0328. The Balaban J connectivity index is 2.76. The van der Waals surface area contributed by atoms with E-state index in [4.69, 9.17) is 5.73 Å². The summed E-state index contributed by atoms with van der Waals surface area (Å²) in [5.41, 5.74) is 5.59. The molecule has 72 valence electrons. The van der Waals surface area contributed by atoms with Crippen molar-refractivity contribution in [2.75, 3.05) is 18.5 Å². The Kier molecular flexibility index (Phi) is 3.19. The van der Waals surface area contributed by atoms with Gasteiger partial charge in [-0.1, -0.05) is 0 Å². The number of aromatic nitrogens is 1. The van der Waals surface area contributed by atoms with Crippen molar-refractivity contribution in [3.05, 3.63) is 24.1 Å². The first-order chi connectivity index (χ1) is 6.11. The average molecular weight is 183 g/mol. The van der Waals surface area contributed by atoms with E-state index in [1.807, 2.05) is 6.92 Å². The fraction of sp³-hybridized carbons (Fsp3) is 0.444. The molecule has 4 heteroatoms. The largest absolute Gasteiger partial charge is 0.356 e. The van der Waals surface area contributed by atoms with Crippen LogP contribution < -0.4 is 10.6 Å². The fourth-order valence-electron chi connectivity index (χ4n) is 1.18. The predicted octanol–water partition coefficient (Wildman–Crippen LogP) is 1.00. The summed E-state index contributed by atoms with van der Waals surface area (Å²) in [4.78, 5) is 5.63. The summed E-state index contributed by atoms with van der Waals surface area (Å²) < 4.78 is 13.1. The standard InChI is InChI=1S/C9H14FN3/c1-7(11)6-13(2)9-8(10)4-3-5-12-9/h3-5,7H,6,11H2,1-2H3. The lowest BCUT2D eigenvalue weighted by Crippen LogP contribution is -2.33. The van der Waals surface area contributed by atoms with Crippen molar-refractivity contribution in [2.45, 2.75) is 13.0 Å². The number of nitrogens with zero attached hydrogens (tertiary/aromatic N) is 2. The topological polar surface area (TPSA) is 42.1 Å². The lowest BCUT2D eigenvalue weighted by Gasteiger charge is -2.20. The van der Waals surface area contributed by atoms with E-state index in [2.05, 4.69) is 4.98 Å². The second-order valence-corrected chi connectivity index (χ2v) is 3.17. The van der Waals surface area contributed by atoms with Crippen LogP contribution in [0, 0.1) is 5.82 Å². The molecule has 3 nitrogen and oxygen atoms in total. The molecular weight excluding hydrogens is 169 g/mol. The molecule has 0 saturated heterocycles. The summed E-state index contributed by atoms with van der Waals surface area (Å²) >= 11 is 0. The van der Waals surface area contributed by atoms with Crippen molar-refractivity contribution in [3.63, 3.8) is 0 Å². The van der Waals surface area contributed by atoms with E-state index in [0.717, 1.165) is 0 Å². The highest BCUT2D eigenvalue weighted by molar-refractivity contribution is 5.38. The Hall–Kier alpha value is -1.16. The molecule has 0 aliphatic carbocycles. The molecule has 1 aromatic heterocycles. The Bertz CT molecular complexity index is 275. The normalized spacial score (nSPS) is 12.6. The number of anilines is 1.